The summed E-state index contributed by atoms with van der Waals surface area (Å²) in [6, 6.07) is 13.0. The van der Waals surface area contributed by atoms with E-state index in [1.807, 2.05) is 50.2 Å². The van der Waals surface area contributed by atoms with Crippen molar-refractivity contribution in [2.75, 3.05) is 6.61 Å². The standard InChI is InChI=1S/C24H23NO4/c1-4-5-10-28-16-11-14(2)22-18(24(26)27)13-20(25-19(22)12-16)23-15(3)17-8-6-7-9-21(17)29-23/h6-9,11-13H,4-5,10H2,1-3H3,(H,26,27). The minimum absolute atomic E-state index is 0.211. The maximum atomic E-state index is 12.0. The Bertz CT molecular complexity index is 1220. The van der Waals surface area contributed by atoms with E-state index < -0.39 is 5.97 Å². The first-order valence-corrected chi connectivity index (χ1v) is 9.79. The molecule has 2 aromatic heterocycles. The van der Waals surface area contributed by atoms with E-state index >= 15 is 0 Å². The molecule has 4 rings (SSSR count). The number of fused-ring (bicyclic) bond motifs is 2. The lowest BCUT2D eigenvalue weighted by Crippen LogP contribution is -2.03. The summed E-state index contributed by atoms with van der Waals surface area (Å²) in [5, 5.41) is 11.5. The zero-order valence-electron chi connectivity index (χ0n) is 16.8. The van der Waals surface area contributed by atoms with Gasteiger partial charge >= 0.3 is 5.97 Å². The van der Waals surface area contributed by atoms with Crippen LogP contribution in [0.15, 0.2) is 46.9 Å². The Kier molecular flexibility index (Phi) is 4.97. The number of furan rings is 1. The number of carbonyl (C=O) groups is 1. The first kappa shape index (κ1) is 19.0. The number of benzene rings is 2. The summed E-state index contributed by atoms with van der Waals surface area (Å²) in [6.45, 7) is 6.57. The fourth-order valence-electron chi connectivity index (χ4n) is 3.67. The van der Waals surface area contributed by atoms with Gasteiger partial charge in [-0.3, -0.25) is 0 Å². The van der Waals surface area contributed by atoms with Crippen molar-refractivity contribution >= 4 is 27.8 Å². The van der Waals surface area contributed by atoms with Gasteiger partial charge in [-0.15, -0.1) is 0 Å². The molecule has 0 saturated carbocycles. The molecule has 5 nitrogen and oxygen atoms in total. The molecule has 0 unspecified atom stereocenters. The van der Waals surface area contributed by atoms with E-state index in [1.165, 1.54) is 0 Å². The van der Waals surface area contributed by atoms with Crippen molar-refractivity contribution in [2.45, 2.75) is 33.6 Å². The number of aryl methyl sites for hydroxylation is 2. The van der Waals surface area contributed by atoms with E-state index in [2.05, 4.69) is 6.92 Å². The van der Waals surface area contributed by atoms with E-state index in [0.29, 0.717) is 34.7 Å². The van der Waals surface area contributed by atoms with Crippen molar-refractivity contribution in [3.63, 3.8) is 0 Å². The summed E-state index contributed by atoms with van der Waals surface area (Å²) in [4.78, 5) is 16.8. The molecule has 0 spiro atoms. The molecule has 29 heavy (non-hydrogen) atoms. The number of carboxylic acid groups (broad SMARTS) is 1. The van der Waals surface area contributed by atoms with Crippen LogP contribution in [-0.4, -0.2) is 22.7 Å². The average Bonchev–Trinajstić information content (AvgIpc) is 3.04. The number of hydrogen-bond acceptors (Lipinski definition) is 4. The number of carboxylic acids is 1. The van der Waals surface area contributed by atoms with Crippen molar-refractivity contribution in [3.8, 4) is 17.2 Å². The van der Waals surface area contributed by atoms with Gasteiger partial charge in [-0.2, -0.15) is 0 Å². The lowest BCUT2D eigenvalue weighted by Gasteiger charge is -2.12. The minimum Gasteiger partial charge on any atom is -0.494 e. The maximum Gasteiger partial charge on any atom is 0.336 e. The van der Waals surface area contributed by atoms with E-state index in [0.717, 1.165) is 34.9 Å². The highest BCUT2D eigenvalue weighted by atomic mass is 16.5. The van der Waals surface area contributed by atoms with Crippen LogP contribution in [0.2, 0.25) is 0 Å². The Balaban J connectivity index is 1.92. The van der Waals surface area contributed by atoms with Crippen LogP contribution in [0.3, 0.4) is 0 Å². The monoisotopic (exact) mass is 389 g/mol. The number of nitrogens with zero attached hydrogens (tertiary/aromatic N) is 1. The molecule has 0 amide bonds. The van der Waals surface area contributed by atoms with E-state index in [4.69, 9.17) is 14.1 Å². The summed E-state index contributed by atoms with van der Waals surface area (Å²) >= 11 is 0. The number of aromatic carboxylic acids is 1. The molecule has 0 aliphatic carbocycles. The number of pyridine rings is 1. The van der Waals surface area contributed by atoms with Gasteiger partial charge in [0.2, 0.25) is 0 Å². The Morgan fingerprint density at radius 2 is 1.97 bits per heavy atom. The SMILES string of the molecule is CCCCOc1cc(C)c2c(C(=O)O)cc(-c3oc4ccccc4c3C)nc2c1. The summed E-state index contributed by atoms with van der Waals surface area (Å²) in [6.07, 6.45) is 2.01. The lowest BCUT2D eigenvalue weighted by molar-refractivity contribution is 0.0699. The summed E-state index contributed by atoms with van der Waals surface area (Å²) in [5.74, 6) is 0.298. The van der Waals surface area contributed by atoms with Crippen LogP contribution in [0.25, 0.3) is 33.3 Å². The smallest absolute Gasteiger partial charge is 0.336 e. The number of rotatable bonds is 6. The molecule has 148 valence electrons. The van der Waals surface area contributed by atoms with Crippen LogP contribution in [0.4, 0.5) is 0 Å². The normalized spacial score (nSPS) is 11.3. The van der Waals surface area contributed by atoms with E-state index in [-0.39, 0.29) is 5.56 Å². The van der Waals surface area contributed by atoms with Crippen molar-refractivity contribution in [1.29, 1.82) is 0 Å². The van der Waals surface area contributed by atoms with Crippen LogP contribution < -0.4 is 4.74 Å². The molecule has 4 aromatic rings. The van der Waals surface area contributed by atoms with E-state index in [1.54, 1.807) is 6.07 Å². The number of unbranched alkanes of at least 4 members (excludes halogenated alkanes) is 1. The molecular formula is C24H23NO4. The highest BCUT2D eigenvalue weighted by Crippen LogP contribution is 2.35. The number of hydrogen-bond donors (Lipinski definition) is 1. The molecule has 0 aliphatic heterocycles. The van der Waals surface area contributed by atoms with E-state index in [9.17, 15) is 9.90 Å². The number of para-hydroxylation sites is 1. The van der Waals surface area contributed by atoms with Crippen molar-refractivity contribution in [1.82, 2.24) is 4.98 Å². The molecular weight excluding hydrogens is 366 g/mol. The van der Waals surface area contributed by atoms with Gasteiger partial charge in [0.1, 0.15) is 17.0 Å². The second-order valence-corrected chi connectivity index (χ2v) is 7.25. The second kappa shape index (κ2) is 7.59. The third-order valence-electron chi connectivity index (χ3n) is 5.15. The molecule has 2 heterocycles. The first-order chi connectivity index (χ1) is 14.0. The van der Waals surface area contributed by atoms with Gasteiger partial charge in [0.25, 0.3) is 0 Å². The molecule has 2 aromatic carbocycles. The fourth-order valence-corrected chi connectivity index (χ4v) is 3.67. The van der Waals surface area contributed by atoms with Gasteiger partial charge in [-0.25, -0.2) is 9.78 Å². The average molecular weight is 389 g/mol. The van der Waals surface area contributed by atoms with Gasteiger partial charge in [0, 0.05) is 22.4 Å². The first-order valence-electron chi connectivity index (χ1n) is 9.79. The zero-order valence-corrected chi connectivity index (χ0v) is 16.8. The highest BCUT2D eigenvalue weighted by Gasteiger charge is 2.20. The summed E-state index contributed by atoms with van der Waals surface area (Å²) < 4.78 is 11.9. The topological polar surface area (TPSA) is 72.6 Å². The van der Waals surface area contributed by atoms with Gasteiger partial charge in [0.05, 0.1) is 17.7 Å². The third kappa shape index (κ3) is 3.44. The molecule has 0 radical (unpaired) electrons. The van der Waals surface area contributed by atoms with Crippen LogP contribution in [0.1, 0.15) is 41.3 Å². The quantitative estimate of drug-likeness (QED) is 0.401. The Hall–Kier alpha value is -3.34. The lowest BCUT2D eigenvalue weighted by atomic mass is 10.0. The van der Waals surface area contributed by atoms with Gasteiger partial charge in [0.15, 0.2) is 5.76 Å². The van der Waals surface area contributed by atoms with Crippen molar-refractivity contribution < 1.29 is 19.1 Å². The number of aromatic nitrogens is 1. The van der Waals surface area contributed by atoms with Crippen LogP contribution in [0.5, 0.6) is 5.75 Å². The van der Waals surface area contributed by atoms with Crippen LogP contribution >= 0.6 is 0 Å². The Morgan fingerprint density at radius 3 is 2.69 bits per heavy atom. The summed E-state index contributed by atoms with van der Waals surface area (Å²) in [7, 11) is 0. The molecule has 1 N–H and O–H groups in total. The molecule has 0 aliphatic rings. The fraction of sp³-hybridized carbons (Fsp3) is 0.250. The highest BCUT2D eigenvalue weighted by molar-refractivity contribution is 6.05. The van der Waals surface area contributed by atoms with Crippen molar-refractivity contribution in [3.05, 3.63) is 59.2 Å². The minimum atomic E-state index is -0.991. The van der Waals surface area contributed by atoms with Gasteiger partial charge < -0.3 is 14.3 Å². The predicted molar refractivity (Wildman–Crippen MR) is 114 cm³/mol. The predicted octanol–water partition coefficient (Wildman–Crippen LogP) is 6.14. The number of ether oxygens (including phenoxy) is 1. The zero-order chi connectivity index (χ0) is 20.5. The van der Waals surface area contributed by atoms with Gasteiger partial charge in [-0.05, 0) is 44.0 Å². The molecule has 0 fully saturated rings. The molecule has 0 bridgehead atoms. The molecule has 0 saturated heterocycles. The molecule has 5 heteroatoms. The second-order valence-electron chi connectivity index (χ2n) is 7.25. The van der Waals surface area contributed by atoms with Crippen molar-refractivity contribution in [2.24, 2.45) is 0 Å². The molecule has 0 atom stereocenters. The van der Waals surface area contributed by atoms with Gasteiger partial charge in [-0.1, -0.05) is 31.5 Å². The Labute approximate surface area is 168 Å². The largest absolute Gasteiger partial charge is 0.494 e. The Morgan fingerprint density at radius 1 is 1.17 bits per heavy atom. The van der Waals surface area contributed by atoms with Crippen LogP contribution in [-0.2, 0) is 0 Å². The maximum absolute atomic E-state index is 12.0. The third-order valence-corrected chi connectivity index (χ3v) is 5.15. The van der Waals surface area contributed by atoms with Crippen LogP contribution in [0, 0.1) is 13.8 Å². The summed E-state index contributed by atoms with van der Waals surface area (Å²) in [5.41, 5.74) is 3.83.